The van der Waals surface area contributed by atoms with E-state index < -0.39 is 0 Å². The predicted octanol–water partition coefficient (Wildman–Crippen LogP) is 2.02. The van der Waals surface area contributed by atoms with Crippen LogP contribution in [-0.2, 0) is 4.74 Å². The number of likely N-dealkylation sites (N-methyl/N-ethyl adjacent to an activating group) is 1. The van der Waals surface area contributed by atoms with Crippen molar-refractivity contribution >= 4 is 5.84 Å². The molecule has 0 bridgehead atoms. The van der Waals surface area contributed by atoms with Crippen LogP contribution in [0.4, 0.5) is 0 Å². The molecule has 1 heterocycles. The maximum Gasteiger partial charge on any atom is 0.147 e. The van der Waals surface area contributed by atoms with Gasteiger partial charge >= 0.3 is 0 Å². The van der Waals surface area contributed by atoms with Gasteiger partial charge in [-0.05, 0) is 31.9 Å². The molecule has 1 aromatic rings. The number of nitrogens with zero attached hydrogens (tertiary/aromatic N) is 2. The third-order valence-corrected chi connectivity index (χ3v) is 3.96. The van der Waals surface area contributed by atoms with Crippen molar-refractivity contribution in [2.24, 2.45) is 10.9 Å². The summed E-state index contributed by atoms with van der Waals surface area (Å²) in [6.07, 6.45) is 3.81. The lowest BCUT2D eigenvalue weighted by atomic mass is 9.97. The van der Waals surface area contributed by atoms with Crippen LogP contribution in [0.25, 0.3) is 0 Å². The van der Waals surface area contributed by atoms with E-state index in [2.05, 4.69) is 17.1 Å². The minimum atomic E-state index is -0.107. The second-order valence-electron chi connectivity index (χ2n) is 5.70. The molecular weight excluding hydrogens is 266 g/mol. The fourth-order valence-corrected chi connectivity index (χ4v) is 2.81. The standard InChI is InChI=1S/C16H25N3O2/c1-19(11-14-9-5-6-10-21-14)12-15(16(17)18-20)13-7-3-2-4-8-13/h2-4,7-8,14-15,20H,5-6,9-12H2,1H3,(H2,17,18). The van der Waals surface area contributed by atoms with E-state index in [0.29, 0.717) is 12.6 Å². The van der Waals surface area contributed by atoms with E-state index in [9.17, 15) is 0 Å². The smallest absolute Gasteiger partial charge is 0.147 e. The Hall–Kier alpha value is -1.59. The maximum absolute atomic E-state index is 9.02. The highest BCUT2D eigenvalue weighted by Crippen LogP contribution is 2.19. The molecule has 0 amide bonds. The zero-order chi connectivity index (χ0) is 15.1. The summed E-state index contributed by atoms with van der Waals surface area (Å²) in [5, 5.41) is 12.2. The number of hydrogen-bond donors (Lipinski definition) is 2. The van der Waals surface area contributed by atoms with Crippen molar-refractivity contribution in [2.75, 3.05) is 26.7 Å². The highest BCUT2D eigenvalue weighted by atomic mass is 16.5. The van der Waals surface area contributed by atoms with Crippen LogP contribution in [0.3, 0.4) is 0 Å². The van der Waals surface area contributed by atoms with Gasteiger partial charge in [0.15, 0.2) is 0 Å². The molecule has 1 aliphatic heterocycles. The highest BCUT2D eigenvalue weighted by Gasteiger charge is 2.21. The predicted molar refractivity (Wildman–Crippen MR) is 83.7 cm³/mol. The van der Waals surface area contributed by atoms with Crippen LogP contribution >= 0.6 is 0 Å². The quantitative estimate of drug-likeness (QED) is 0.364. The van der Waals surface area contributed by atoms with Crippen molar-refractivity contribution in [3.8, 4) is 0 Å². The van der Waals surface area contributed by atoms with Gasteiger partial charge in [-0.3, -0.25) is 0 Å². The summed E-state index contributed by atoms with van der Waals surface area (Å²) < 4.78 is 5.77. The normalized spacial score (nSPS) is 21.4. The Balaban J connectivity index is 1.98. The molecule has 1 aliphatic rings. The number of amidine groups is 1. The molecule has 5 heteroatoms. The minimum Gasteiger partial charge on any atom is -0.409 e. The van der Waals surface area contributed by atoms with Crippen LogP contribution in [0, 0.1) is 0 Å². The third kappa shape index (κ3) is 4.72. The molecule has 1 saturated heterocycles. The van der Waals surface area contributed by atoms with E-state index in [1.165, 1.54) is 6.42 Å². The first-order valence-electron chi connectivity index (χ1n) is 7.53. The van der Waals surface area contributed by atoms with Gasteiger partial charge in [0, 0.05) is 19.7 Å². The van der Waals surface area contributed by atoms with Crippen molar-refractivity contribution < 1.29 is 9.94 Å². The Labute approximate surface area is 126 Å². The van der Waals surface area contributed by atoms with Gasteiger partial charge in [-0.1, -0.05) is 35.5 Å². The molecule has 5 nitrogen and oxygen atoms in total. The molecule has 3 N–H and O–H groups in total. The van der Waals surface area contributed by atoms with Crippen molar-refractivity contribution in [1.29, 1.82) is 0 Å². The second kappa shape index (κ2) is 8.00. The number of ether oxygens (including phenoxy) is 1. The second-order valence-corrected chi connectivity index (χ2v) is 5.70. The minimum absolute atomic E-state index is 0.107. The van der Waals surface area contributed by atoms with Crippen molar-refractivity contribution in [1.82, 2.24) is 4.90 Å². The van der Waals surface area contributed by atoms with Crippen molar-refractivity contribution in [3.63, 3.8) is 0 Å². The summed E-state index contributed by atoms with van der Waals surface area (Å²) >= 11 is 0. The molecule has 1 aromatic carbocycles. The van der Waals surface area contributed by atoms with Gasteiger partial charge in [0.2, 0.25) is 0 Å². The van der Waals surface area contributed by atoms with E-state index in [1.807, 2.05) is 30.3 Å². The number of oxime groups is 1. The first kappa shape index (κ1) is 15.8. The molecule has 0 radical (unpaired) electrons. The number of rotatable bonds is 6. The van der Waals surface area contributed by atoms with E-state index in [-0.39, 0.29) is 11.8 Å². The van der Waals surface area contributed by atoms with Gasteiger partial charge in [0.05, 0.1) is 12.0 Å². The lowest BCUT2D eigenvalue weighted by Crippen LogP contribution is -2.38. The van der Waals surface area contributed by atoms with E-state index in [4.69, 9.17) is 15.7 Å². The van der Waals surface area contributed by atoms with Gasteiger partial charge in [0.1, 0.15) is 5.84 Å². The number of nitrogens with two attached hydrogens (primary N) is 1. The molecule has 0 aromatic heterocycles. The molecule has 0 spiro atoms. The van der Waals surface area contributed by atoms with Crippen LogP contribution in [0.5, 0.6) is 0 Å². The van der Waals surface area contributed by atoms with E-state index in [0.717, 1.165) is 31.6 Å². The Morgan fingerprint density at radius 1 is 1.43 bits per heavy atom. The first-order chi connectivity index (χ1) is 10.2. The fraction of sp³-hybridized carbons (Fsp3) is 0.562. The van der Waals surface area contributed by atoms with Crippen LogP contribution in [-0.4, -0.2) is 48.8 Å². The zero-order valence-corrected chi connectivity index (χ0v) is 12.6. The maximum atomic E-state index is 9.02. The van der Waals surface area contributed by atoms with Crippen molar-refractivity contribution in [3.05, 3.63) is 35.9 Å². The summed E-state index contributed by atoms with van der Waals surface area (Å²) in [6.45, 7) is 2.45. The molecule has 2 rings (SSSR count). The third-order valence-electron chi connectivity index (χ3n) is 3.96. The molecular formula is C16H25N3O2. The average Bonchev–Trinajstić information content (AvgIpc) is 2.53. The molecule has 2 unspecified atom stereocenters. The Morgan fingerprint density at radius 2 is 2.19 bits per heavy atom. The van der Waals surface area contributed by atoms with Gasteiger partial charge in [-0.2, -0.15) is 0 Å². The van der Waals surface area contributed by atoms with E-state index in [1.54, 1.807) is 0 Å². The Bertz CT molecular complexity index is 444. The average molecular weight is 291 g/mol. The number of benzene rings is 1. The molecule has 2 atom stereocenters. The molecule has 116 valence electrons. The summed E-state index contributed by atoms with van der Waals surface area (Å²) in [5.41, 5.74) is 6.93. The monoisotopic (exact) mass is 291 g/mol. The Kier molecular flexibility index (Phi) is 6.02. The first-order valence-corrected chi connectivity index (χ1v) is 7.53. The lowest BCUT2D eigenvalue weighted by Gasteiger charge is -2.29. The van der Waals surface area contributed by atoms with Crippen LogP contribution in [0.1, 0.15) is 30.7 Å². The van der Waals surface area contributed by atoms with Crippen LogP contribution in [0.15, 0.2) is 35.5 Å². The van der Waals surface area contributed by atoms with Crippen molar-refractivity contribution in [2.45, 2.75) is 31.3 Å². The van der Waals surface area contributed by atoms with E-state index >= 15 is 0 Å². The highest BCUT2D eigenvalue weighted by molar-refractivity contribution is 5.87. The molecule has 21 heavy (non-hydrogen) atoms. The van der Waals surface area contributed by atoms with Gasteiger partial charge in [0.25, 0.3) is 0 Å². The van der Waals surface area contributed by atoms with Crippen LogP contribution in [0.2, 0.25) is 0 Å². The Morgan fingerprint density at radius 3 is 2.81 bits per heavy atom. The molecule has 0 aliphatic carbocycles. The van der Waals surface area contributed by atoms with Crippen LogP contribution < -0.4 is 5.73 Å². The summed E-state index contributed by atoms with van der Waals surface area (Å²) in [6, 6.07) is 9.92. The van der Waals surface area contributed by atoms with Gasteiger partial charge in [-0.15, -0.1) is 0 Å². The summed E-state index contributed by atoms with van der Waals surface area (Å²) in [7, 11) is 2.05. The fourth-order valence-electron chi connectivity index (χ4n) is 2.81. The van der Waals surface area contributed by atoms with Gasteiger partial charge < -0.3 is 20.6 Å². The molecule has 1 fully saturated rings. The zero-order valence-electron chi connectivity index (χ0n) is 12.6. The number of hydrogen-bond acceptors (Lipinski definition) is 4. The SMILES string of the molecule is CN(CC1CCCCO1)CC(C(N)=NO)c1ccccc1. The van der Waals surface area contributed by atoms with Gasteiger partial charge in [-0.25, -0.2) is 0 Å². The topological polar surface area (TPSA) is 71.1 Å². The summed E-state index contributed by atoms with van der Waals surface area (Å²) in [5.74, 6) is 0.141. The molecule has 0 saturated carbocycles. The lowest BCUT2D eigenvalue weighted by molar-refractivity contribution is -0.00157. The summed E-state index contributed by atoms with van der Waals surface area (Å²) in [4.78, 5) is 2.20. The largest absolute Gasteiger partial charge is 0.409 e.